The van der Waals surface area contributed by atoms with E-state index in [9.17, 15) is 0 Å². The van der Waals surface area contributed by atoms with Gasteiger partial charge in [-0.15, -0.1) is 0 Å². The zero-order valence-electron chi connectivity index (χ0n) is 14.7. The molecule has 1 aliphatic heterocycles. The minimum atomic E-state index is 0.457. The number of piperidine rings is 1. The largest absolute Gasteiger partial charge is 0.382 e. The molecule has 1 aliphatic rings. The van der Waals surface area contributed by atoms with Gasteiger partial charge in [-0.25, -0.2) is 4.98 Å². The average Bonchev–Trinajstić information content (AvgIpc) is 3.08. The fraction of sp³-hybridized carbons (Fsp3) is 0.765. The van der Waals surface area contributed by atoms with Crippen LogP contribution in [-0.4, -0.2) is 59.8 Å². The van der Waals surface area contributed by atoms with Gasteiger partial charge in [0.15, 0.2) is 5.96 Å². The van der Waals surface area contributed by atoms with Crippen LogP contribution in [0.1, 0.15) is 39.7 Å². The molecule has 23 heavy (non-hydrogen) atoms. The first-order valence-corrected chi connectivity index (χ1v) is 8.84. The molecule has 6 heteroatoms. The summed E-state index contributed by atoms with van der Waals surface area (Å²) in [6.07, 6.45) is 8.00. The number of imidazole rings is 1. The molecule has 0 bridgehead atoms. The fourth-order valence-electron chi connectivity index (χ4n) is 3.02. The Hall–Kier alpha value is -1.56. The monoisotopic (exact) mass is 321 g/mol. The molecule has 0 radical (unpaired) electrons. The lowest BCUT2D eigenvalue weighted by atomic mass is 9.93. The van der Waals surface area contributed by atoms with Crippen LogP contribution < -0.4 is 5.32 Å². The molecule has 1 saturated heterocycles. The molecule has 0 amide bonds. The van der Waals surface area contributed by atoms with E-state index in [1.165, 1.54) is 6.42 Å². The number of nitrogens with one attached hydrogen (secondary N) is 1. The maximum atomic E-state index is 5.39. The van der Waals surface area contributed by atoms with E-state index in [0.29, 0.717) is 12.0 Å². The van der Waals surface area contributed by atoms with Crippen molar-refractivity contribution in [2.45, 2.75) is 39.7 Å². The Labute approximate surface area is 139 Å². The molecule has 1 aromatic rings. The van der Waals surface area contributed by atoms with Gasteiger partial charge in [-0.3, -0.25) is 4.99 Å². The smallest absolute Gasteiger partial charge is 0.193 e. The van der Waals surface area contributed by atoms with Gasteiger partial charge < -0.3 is 19.5 Å². The second-order valence-corrected chi connectivity index (χ2v) is 6.08. The Morgan fingerprint density at radius 1 is 1.43 bits per heavy atom. The molecule has 1 N–H and O–H groups in total. The van der Waals surface area contributed by atoms with Gasteiger partial charge in [-0.05, 0) is 32.6 Å². The number of hydrogen-bond acceptors (Lipinski definition) is 3. The SMILES string of the molecule is CCNC(=NCCCOCC)N1CCC(C)C(n2ccnc2)C1. The molecule has 0 aromatic carbocycles. The van der Waals surface area contributed by atoms with Crippen LogP contribution in [0, 0.1) is 5.92 Å². The lowest BCUT2D eigenvalue weighted by Crippen LogP contribution is -2.49. The number of likely N-dealkylation sites (tertiary alicyclic amines) is 1. The zero-order chi connectivity index (χ0) is 16.5. The highest BCUT2D eigenvalue weighted by Crippen LogP contribution is 2.27. The van der Waals surface area contributed by atoms with Crippen LogP contribution in [0.3, 0.4) is 0 Å². The van der Waals surface area contributed by atoms with Crippen molar-refractivity contribution in [3.63, 3.8) is 0 Å². The first-order valence-electron chi connectivity index (χ1n) is 8.84. The molecule has 130 valence electrons. The van der Waals surface area contributed by atoms with Crippen molar-refractivity contribution in [2.75, 3.05) is 39.4 Å². The highest BCUT2D eigenvalue weighted by molar-refractivity contribution is 5.80. The average molecular weight is 321 g/mol. The molecule has 2 heterocycles. The van der Waals surface area contributed by atoms with E-state index in [-0.39, 0.29) is 0 Å². The summed E-state index contributed by atoms with van der Waals surface area (Å²) in [5, 5.41) is 3.43. The van der Waals surface area contributed by atoms with E-state index >= 15 is 0 Å². The van der Waals surface area contributed by atoms with Crippen LogP contribution in [0.4, 0.5) is 0 Å². The summed E-state index contributed by atoms with van der Waals surface area (Å²) in [5.74, 6) is 1.68. The summed E-state index contributed by atoms with van der Waals surface area (Å²) >= 11 is 0. The number of aliphatic imine (C=N–C) groups is 1. The summed E-state index contributed by atoms with van der Waals surface area (Å²) in [5.41, 5.74) is 0. The van der Waals surface area contributed by atoms with Crippen LogP contribution in [-0.2, 0) is 4.74 Å². The number of rotatable bonds is 7. The van der Waals surface area contributed by atoms with Crippen LogP contribution in [0.2, 0.25) is 0 Å². The van der Waals surface area contributed by atoms with Gasteiger partial charge in [0.25, 0.3) is 0 Å². The second-order valence-electron chi connectivity index (χ2n) is 6.08. The fourth-order valence-corrected chi connectivity index (χ4v) is 3.02. The van der Waals surface area contributed by atoms with E-state index in [1.807, 2.05) is 19.4 Å². The number of aromatic nitrogens is 2. The van der Waals surface area contributed by atoms with Crippen molar-refractivity contribution >= 4 is 5.96 Å². The van der Waals surface area contributed by atoms with Crippen LogP contribution >= 0.6 is 0 Å². The zero-order valence-corrected chi connectivity index (χ0v) is 14.7. The minimum Gasteiger partial charge on any atom is -0.382 e. The summed E-state index contributed by atoms with van der Waals surface area (Å²) in [7, 11) is 0. The highest BCUT2D eigenvalue weighted by Gasteiger charge is 2.28. The predicted molar refractivity (Wildman–Crippen MR) is 93.7 cm³/mol. The molecule has 2 unspecified atom stereocenters. The standard InChI is InChI=1S/C17H31N5O/c1-4-19-17(20-8-6-12-23-5-2)21-10-7-15(3)16(13-21)22-11-9-18-14-22/h9,11,14-16H,4-8,10,12-13H2,1-3H3,(H,19,20). The van der Waals surface area contributed by atoms with E-state index in [0.717, 1.165) is 51.8 Å². The topological polar surface area (TPSA) is 54.7 Å². The van der Waals surface area contributed by atoms with Gasteiger partial charge in [0.2, 0.25) is 0 Å². The third-order valence-electron chi connectivity index (χ3n) is 4.37. The van der Waals surface area contributed by atoms with Crippen LogP contribution in [0.15, 0.2) is 23.7 Å². The molecule has 0 saturated carbocycles. The lowest BCUT2D eigenvalue weighted by Gasteiger charge is -2.39. The maximum absolute atomic E-state index is 5.39. The van der Waals surface area contributed by atoms with Gasteiger partial charge >= 0.3 is 0 Å². The number of ether oxygens (including phenoxy) is 1. The van der Waals surface area contributed by atoms with E-state index in [2.05, 4.69) is 39.8 Å². The van der Waals surface area contributed by atoms with Gasteiger partial charge in [0, 0.05) is 51.8 Å². The van der Waals surface area contributed by atoms with Crippen molar-refractivity contribution in [3.05, 3.63) is 18.7 Å². The van der Waals surface area contributed by atoms with Crippen molar-refractivity contribution in [2.24, 2.45) is 10.9 Å². The van der Waals surface area contributed by atoms with E-state index < -0.39 is 0 Å². The molecular weight excluding hydrogens is 290 g/mol. The minimum absolute atomic E-state index is 0.457. The maximum Gasteiger partial charge on any atom is 0.193 e. The van der Waals surface area contributed by atoms with Crippen molar-refractivity contribution < 1.29 is 4.74 Å². The quantitative estimate of drug-likeness (QED) is 0.475. The molecule has 0 spiro atoms. The summed E-state index contributed by atoms with van der Waals surface area (Å²) in [6.45, 7) is 11.8. The van der Waals surface area contributed by atoms with Gasteiger partial charge in [0.05, 0.1) is 12.4 Å². The Morgan fingerprint density at radius 2 is 2.30 bits per heavy atom. The first-order chi connectivity index (χ1) is 11.3. The van der Waals surface area contributed by atoms with Crippen molar-refractivity contribution in [3.8, 4) is 0 Å². The Kier molecular flexibility index (Phi) is 7.39. The molecule has 6 nitrogen and oxygen atoms in total. The predicted octanol–water partition coefficient (Wildman–Crippen LogP) is 2.16. The Bertz CT molecular complexity index is 460. The Morgan fingerprint density at radius 3 is 3.00 bits per heavy atom. The molecule has 2 rings (SSSR count). The Balaban J connectivity index is 1.96. The number of guanidine groups is 1. The molecule has 0 aliphatic carbocycles. The molecular formula is C17H31N5O. The van der Waals surface area contributed by atoms with Crippen LogP contribution in [0.5, 0.6) is 0 Å². The van der Waals surface area contributed by atoms with Crippen molar-refractivity contribution in [1.82, 2.24) is 19.8 Å². The summed E-state index contributed by atoms with van der Waals surface area (Å²) in [4.78, 5) is 11.4. The van der Waals surface area contributed by atoms with Gasteiger partial charge in [-0.1, -0.05) is 6.92 Å². The van der Waals surface area contributed by atoms with Crippen LogP contribution in [0.25, 0.3) is 0 Å². The summed E-state index contributed by atoms with van der Waals surface area (Å²) in [6, 6.07) is 0.457. The van der Waals surface area contributed by atoms with E-state index in [4.69, 9.17) is 9.73 Å². The second kappa shape index (κ2) is 9.55. The molecule has 1 fully saturated rings. The van der Waals surface area contributed by atoms with Gasteiger partial charge in [-0.2, -0.15) is 0 Å². The molecule has 1 aromatic heterocycles. The summed E-state index contributed by atoms with van der Waals surface area (Å²) < 4.78 is 7.62. The normalized spacial score (nSPS) is 22.4. The highest BCUT2D eigenvalue weighted by atomic mass is 16.5. The number of hydrogen-bond donors (Lipinski definition) is 1. The third-order valence-corrected chi connectivity index (χ3v) is 4.37. The first kappa shape index (κ1) is 17.8. The van der Waals surface area contributed by atoms with E-state index in [1.54, 1.807) is 0 Å². The lowest BCUT2D eigenvalue weighted by molar-refractivity contribution is 0.146. The van der Waals surface area contributed by atoms with Crippen molar-refractivity contribution in [1.29, 1.82) is 0 Å². The van der Waals surface area contributed by atoms with Gasteiger partial charge in [0.1, 0.15) is 0 Å². The molecule has 2 atom stereocenters. The third kappa shape index (κ3) is 5.23. The number of nitrogens with zero attached hydrogens (tertiary/aromatic N) is 4.